The number of rotatable bonds is 8. The Morgan fingerprint density at radius 2 is 1.67 bits per heavy atom. The van der Waals surface area contributed by atoms with Gasteiger partial charge >= 0.3 is 0 Å². The number of methoxy groups -OCH3 is 1. The molecule has 1 fully saturated rings. The van der Waals surface area contributed by atoms with E-state index < -0.39 is 16.1 Å². The van der Waals surface area contributed by atoms with Gasteiger partial charge in [0, 0.05) is 13.1 Å². The first-order valence-corrected chi connectivity index (χ1v) is 16.0. The molecule has 2 aliphatic rings. The van der Waals surface area contributed by atoms with Crippen LogP contribution in [0.5, 0.6) is 11.5 Å². The molecule has 1 saturated heterocycles. The molecule has 0 radical (unpaired) electrons. The number of carbonyl (C=O) groups is 1. The fourth-order valence-electron chi connectivity index (χ4n) is 5.50. The summed E-state index contributed by atoms with van der Waals surface area (Å²) >= 11 is 0. The van der Waals surface area contributed by atoms with Gasteiger partial charge in [-0.25, -0.2) is 8.42 Å². The molecule has 1 atom stereocenters. The van der Waals surface area contributed by atoms with Crippen molar-refractivity contribution in [2.45, 2.75) is 69.5 Å². The summed E-state index contributed by atoms with van der Waals surface area (Å²) < 4.78 is 40.6. The Kier molecular flexibility index (Phi) is 8.80. The fraction of sp³-hybridized carbons (Fsp3) is 0.424. The van der Waals surface area contributed by atoms with Crippen LogP contribution >= 0.6 is 0 Å². The van der Waals surface area contributed by atoms with Gasteiger partial charge in [0.2, 0.25) is 0 Å². The molecule has 8 nitrogen and oxygen atoms in total. The van der Waals surface area contributed by atoms with Gasteiger partial charge in [-0.3, -0.25) is 14.0 Å². The highest BCUT2D eigenvalue weighted by Gasteiger charge is 2.38. The van der Waals surface area contributed by atoms with Gasteiger partial charge in [-0.15, -0.1) is 0 Å². The number of anilines is 1. The minimum atomic E-state index is -4.01. The number of ether oxygens (including phenoxy) is 2. The van der Waals surface area contributed by atoms with E-state index in [2.05, 4.69) is 37.1 Å². The Morgan fingerprint density at radius 3 is 2.33 bits per heavy atom. The molecule has 0 aliphatic carbocycles. The van der Waals surface area contributed by atoms with E-state index in [9.17, 15) is 13.2 Å². The maximum atomic E-state index is 14.0. The molecule has 1 unspecified atom stereocenters. The second-order valence-electron chi connectivity index (χ2n) is 12.1. The Morgan fingerprint density at radius 1 is 0.976 bits per heavy atom. The molecule has 0 bridgehead atoms. The lowest BCUT2D eigenvalue weighted by Crippen LogP contribution is -2.50. The summed E-state index contributed by atoms with van der Waals surface area (Å²) in [5.74, 6) is 0.560. The highest BCUT2D eigenvalue weighted by molar-refractivity contribution is 7.92. The quantitative estimate of drug-likeness (QED) is 0.385. The molecule has 1 N–H and O–H groups in total. The van der Waals surface area contributed by atoms with E-state index in [1.807, 2.05) is 30.3 Å². The number of likely N-dealkylation sites (tertiary alicyclic amines) is 1. The van der Waals surface area contributed by atoms with Crippen LogP contribution < -0.4 is 19.1 Å². The zero-order chi connectivity index (χ0) is 29.9. The van der Waals surface area contributed by atoms with Crippen LogP contribution in [0.1, 0.15) is 56.7 Å². The molecule has 5 rings (SSSR count). The molecule has 9 heteroatoms. The smallest absolute Gasteiger partial charge is 0.264 e. The minimum absolute atomic E-state index is 0.114. The van der Waals surface area contributed by atoms with Crippen molar-refractivity contribution >= 4 is 21.6 Å². The first-order valence-electron chi connectivity index (χ1n) is 14.6. The van der Waals surface area contributed by atoms with E-state index in [1.54, 1.807) is 18.2 Å². The lowest BCUT2D eigenvalue weighted by molar-refractivity contribution is -0.127. The van der Waals surface area contributed by atoms with E-state index in [1.165, 1.54) is 48.4 Å². The predicted octanol–water partition coefficient (Wildman–Crippen LogP) is 5.25. The number of nitrogens with one attached hydrogen (secondary N) is 1. The first-order chi connectivity index (χ1) is 20.1. The standard InChI is InChI=1S/C33H41N3O5S/c1-33(2,3)26-12-17-30-29(20-26)36(42(38,39)28-15-13-27(40-4)14-16-28)23-31(41-30)32(37)34-21-24-10-6-7-11-25(24)22-35-18-8-5-9-19-35/h6-7,10-17,20,31H,5,8-9,18-19,21-23H2,1-4H3,(H,34,37). The maximum absolute atomic E-state index is 14.0. The van der Waals surface area contributed by atoms with Crippen LogP contribution in [0.15, 0.2) is 71.6 Å². The second kappa shape index (κ2) is 12.4. The monoisotopic (exact) mass is 591 g/mol. The Balaban J connectivity index is 1.39. The lowest BCUT2D eigenvalue weighted by atomic mass is 9.86. The summed E-state index contributed by atoms with van der Waals surface area (Å²) in [5.41, 5.74) is 3.42. The van der Waals surface area contributed by atoms with Gasteiger partial charge in [0.1, 0.15) is 11.5 Å². The van der Waals surface area contributed by atoms with Crippen LogP contribution in [-0.4, -0.2) is 52.1 Å². The number of carbonyl (C=O) groups excluding carboxylic acids is 1. The van der Waals surface area contributed by atoms with Gasteiger partial charge in [0.25, 0.3) is 15.9 Å². The average Bonchev–Trinajstić information content (AvgIpc) is 2.99. The van der Waals surface area contributed by atoms with Gasteiger partial charge in [-0.1, -0.05) is 57.5 Å². The number of hydrogen-bond acceptors (Lipinski definition) is 6. The third-order valence-corrected chi connectivity index (χ3v) is 9.84. The molecule has 0 saturated carbocycles. The van der Waals surface area contributed by atoms with Crippen LogP contribution in [0.4, 0.5) is 5.69 Å². The third-order valence-electron chi connectivity index (χ3n) is 8.05. The normalized spacial score (nSPS) is 17.7. The Labute approximate surface area is 249 Å². The zero-order valence-electron chi connectivity index (χ0n) is 24.9. The fourth-order valence-corrected chi connectivity index (χ4v) is 6.96. The van der Waals surface area contributed by atoms with Gasteiger partial charge in [0.15, 0.2) is 6.10 Å². The van der Waals surface area contributed by atoms with Gasteiger partial charge < -0.3 is 14.8 Å². The van der Waals surface area contributed by atoms with Crippen LogP contribution in [0.3, 0.4) is 0 Å². The number of benzene rings is 3. The van der Waals surface area contributed by atoms with Crippen LogP contribution in [-0.2, 0) is 33.3 Å². The van der Waals surface area contributed by atoms with Gasteiger partial charge in [0.05, 0.1) is 24.2 Å². The molecule has 42 heavy (non-hydrogen) atoms. The number of amides is 1. The third kappa shape index (κ3) is 6.57. The molecule has 0 spiro atoms. The molecule has 0 aromatic heterocycles. The SMILES string of the molecule is COc1ccc(S(=O)(=O)N2CC(C(=O)NCc3ccccc3CN3CCCCC3)Oc3ccc(C(C)(C)C)cc32)cc1. The maximum Gasteiger partial charge on any atom is 0.264 e. The molecule has 2 aliphatic heterocycles. The van der Waals surface area contributed by atoms with E-state index in [0.29, 0.717) is 23.7 Å². The van der Waals surface area contributed by atoms with E-state index in [0.717, 1.165) is 30.8 Å². The molecule has 3 aromatic rings. The number of fused-ring (bicyclic) bond motifs is 1. The van der Waals surface area contributed by atoms with Crippen molar-refractivity contribution in [1.82, 2.24) is 10.2 Å². The second-order valence-corrected chi connectivity index (χ2v) is 13.9. The summed E-state index contributed by atoms with van der Waals surface area (Å²) in [6.07, 6.45) is 2.70. The van der Waals surface area contributed by atoms with E-state index in [-0.39, 0.29) is 22.8 Å². The summed E-state index contributed by atoms with van der Waals surface area (Å²) in [4.78, 5) is 16.1. The summed E-state index contributed by atoms with van der Waals surface area (Å²) in [6.45, 7) is 9.43. The zero-order valence-corrected chi connectivity index (χ0v) is 25.7. The van der Waals surface area contributed by atoms with Crippen molar-refractivity contribution in [3.05, 3.63) is 83.4 Å². The van der Waals surface area contributed by atoms with Crippen molar-refractivity contribution in [3.8, 4) is 11.5 Å². The molecule has 3 aromatic carbocycles. The van der Waals surface area contributed by atoms with Crippen LogP contribution in [0.25, 0.3) is 0 Å². The van der Waals surface area contributed by atoms with Crippen molar-refractivity contribution in [2.75, 3.05) is 31.0 Å². The molecule has 224 valence electrons. The topological polar surface area (TPSA) is 88.2 Å². The lowest BCUT2D eigenvalue weighted by Gasteiger charge is -2.36. The van der Waals surface area contributed by atoms with Crippen molar-refractivity contribution in [2.24, 2.45) is 0 Å². The van der Waals surface area contributed by atoms with E-state index in [4.69, 9.17) is 9.47 Å². The van der Waals surface area contributed by atoms with Gasteiger partial charge in [-0.2, -0.15) is 0 Å². The molecular formula is C33H41N3O5S. The summed E-state index contributed by atoms with van der Waals surface area (Å²) in [6, 6.07) is 20.0. The highest BCUT2D eigenvalue weighted by Crippen LogP contribution is 2.40. The van der Waals surface area contributed by atoms with Crippen LogP contribution in [0, 0.1) is 0 Å². The van der Waals surface area contributed by atoms with Crippen molar-refractivity contribution in [1.29, 1.82) is 0 Å². The minimum Gasteiger partial charge on any atom is -0.497 e. The van der Waals surface area contributed by atoms with E-state index >= 15 is 0 Å². The van der Waals surface area contributed by atoms with Crippen molar-refractivity contribution < 1.29 is 22.7 Å². The highest BCUT2D eigenvalue weighted by atomic mass is 32.2. The summed E-state index contributed by atoms with van der Waals surface area (Å²) in [7, 11) is -2.47. The number of nitrogens with zero attached hydrogens (tertiary/aromatic N) is 2. The molecular weight excluding hydrogens is 550 g/mol. The summed E-state index contributed by atoms with van der Waals surface area (Å²) in [5, 5.41) is 3.02. The Hall–Kier alpha value is -3.56. The predicted molar refractivity (Wildman–Crippen MR) is 165 cm³/mol. The Bertz CT molecular complexity index is 1510. The first kappa shape index (κ1) is 29.9. The van der Waals surface area contributed by atoms with Gasteiger partial charge in [-0.05, 0) is 84.4 Å². The number of piperidine rings is 1. The van der Waals surface area contributed by atoms with Crippen molar-refractivity contribution in [3.63, 3.8) is 0 Å². The molecule has 1 amide bonds. The molecule has 2 heterocycles. The average molecular weight is 592 g/mol. The number of hydrogen-bond donors (Lipinski definition) is 1. The number of sulfonamides is 1. The van der Waals surface area contributed by atoms with Crippen LogP contribution in [0.2, 0.25) is 0 Å². The largest absolute Gasteiger partial charge is 0.497 e.